The van der Waals surface area contributed by atoms with Gasteiger partial charge in [0.05, 0.1) is 6.54 Å². The first-order valence-corrected chi connectivity index (χ1v) is 9.24. The molecule has 0 amide bonds. The van der Waals surface area contributed by atoms with Gasteiger partial charge in [-0.15, -0.1) is 24.0 Å². The maximum Gasteiger partial charge on any atom is 0.193 e. The monoisotopic (exact) mass is 494 g/mol. The molecule has 0 radical (unpaired) electrons. The van der Waals surface area contributed by atoms with Crippen LogP contribution in [-0.2, 0) is 13.6 Å². The van der Waals surface area contributed by atoms with E-state index in [4.69, 9.17) is 11.6 Å². The molecule has 0 aliphatic heterocycles. The third-order valence-electron chi connectivity index (χ3n) is 3.71. The van der Waals surface area contributed by atoms with Crippen LogP contribution < -0.4 is 5.32 Å². The van der Waals surface area contributed by atoms with Crippen LogP contribution in [0.5, 0.6) is 0 Å². The number of nitrogens with one attached hydrogen (secondary N) is 1. The van der Waals surface area contributed by atoms with E-state index < -0.39 is 0 Å². The molecule has 1 atom stereocenters. The minimum atomic E-state index is 0. The number of hydrogen-bond donors (Lipinski definition) is 1. The van der Waals surface area contributed by atoms with E-state index in [-0.39, 0.29) is 24.0 Å². The first-order chi connectivity index (χ1) is 11.5. The Morgan fingerprint density at radius 3 is 2.80 bits per heavy atom. The van der Waals surface area contributed by atoms with E-state index in [1.165, 1.54) is 5.56 Å². The Morgan fingerprint density at radius 2 is 2.24 bits per heavy atom. The molecule has 1 aromatic carbocycles. The highest BCUT2D eigenvalue weighted by molar-refractivity contribution is 14.0. The van der Waals surface area contributed by atoms with Crippen LogP contribution in [0.15, 0.2) is 35.6 Å². The summed E-state index contributed by atoms with van der Waals surface area (Å²) < 4.78 is 1.76. The second-order valence-corrected chi connectivity index (χ2v) is 6.84. The van der Waals surface area contributed by atoms with Crippen LogP contribution in [-0.4, -0.2) is 52.5 Å². The van der Waals surface area contributed by atoms with Gasteiger partial charge in [-0.1, -0.05) is 23.7 Å². The molecule has 2 rings (SSSR count). The van der Waals surface area contributed by atoms with Gasteiger partial charge < -0.3 is 10.2 Å². The molecule has 1 N–H and O–H groups in total. The van der Waals surface area contributed by atoms with Crippen molar-refractivity contribution in [3.05, 3.63) is 47.0 Å². The quantitative estimate of drug-likeness (QED) is 0.380. The highest BCUT2D eigenvalue weighted by Crippen LogP contribution is 2.27. The van der Waals surface area contributed by atoms with Crippen molar-refractivity contribution in [1.29, 1.82) is 0 Å². The van der Waals surface area contributed by atoms with E-state index >= 15 is 0 Å². The number of aryl methyl sites for hydroxylation is 1. The van der Waals surface area contributed by atoms with Crippen LogP contribution in [0.3, 0.4) is 0 Å². The van der Waals surface area contributed by atoms with Gasteiger partial charge >= 0.3 is 0 Å². The number of thioether (sulfide) groups is 1. The molecule has 6 nitrogen and oxygen atoms in total. The van der Waals surface area contributed by atoms with E-state index in [9.17, 15) is 0 Å². The molecule has 9 heteroatoms. The summed E-state index contributed by atoms with van der Waals surface area (Å²) in [6, 6.07) is 7.98. The van der Waals surface area contributed by atoms with Crippen molar-refractivity contribution in [2.75, 3.05) is 26.9 Å². The van der Waals surface area contributed by atoms with Crippen molar-refractivity contribution < 1.29 is 0 Å². The highest BCUT2D eigenvalue weighted by atomic mass is 127. The molecule has 1 heterocycles. The molecule has 0 saturated heterocycles. The lowest BCUT2D eigenvalue weighted by molar-refractivity contribution is 0.449. The smallest absolute Gasteiger partial charge is 0.193 e. The topological polar surface area (TPSA) is 58.3 Å². The number of aromatic nitrogens is 3. The van der Waals surface area contributed by atoms with Gasteiger partial charge in [-0.25, -0.2) is 4.98 Å². The number of rotatable bonds is 6. The Labute approximate surface area is 175 Å². The van der Waals surface area contributed by atoms with E-state index in [1.54, 1.807) is 29.8 Å². The summed E-state index contributed by atoms with van der Waals surface area (Å²) in [5.41, 5.74) is 1.20. The molecular weight excluding hydrogens is 471 g/mol. The lowest BCUT2D eigenvalue weighted by Gasteiger charge is -2.24. The summed E-state index contributed by atoms with van der Waals surface area (Å²) in [6.45, 7) is 1.40. The van der Waals surface area contributed by atoms with Crippen LogP contribution in [0.2, 0.25) is 5.02 Å². The van der Waals surface area contributed by atoms with Gasteiger partial charge in [0.25, 0.3) is 0 Å². The Kier molecular flexibility index (Phi) is 9.58. The van der Waals surface area contributed by atoms with Crippen molar-refractivity contribution in [3.63, 3.8) is 0 Å². The van der Waals surface area contributed by atoms with Gasteiger partial charge in [0.1, 0.15) is 12.2 Å². The number of hydrogen-bond acceptors (Lipinski definition) is 4. The maximum absolute atomic E-state index is 6.10. The number of halogens is 2. The van der Waals surface area contributed by atoms with E-state index in [1.807, 2.05) is 37.2 Å². The van der Waals surface area contributed by atoms with Crippen molar-refractivity contribution in [2.24, 2.45) is 12.0 Å². The summed E-state index contributed by atoms with van der Waals surface area (Å²) in [5, 5.41) is 8.57. The van der Waals surface area contributed by atoms with Gasteiger partial charge in [-0.3, -0.25) is 9.67 Å². The summed E-state index contributed by atoms with van der Waals surface area (Å²) in [5.74, 6) is 1.70. The molecule has 0 aliphatic rings. The Hall–Kier alpha value is -1.00. The maximum atomic E-state index is 6.10. The summed E-state index contributed by atoms with van der Waals surface area (Å²) >= 11 is 7.89. The third kappa shape index (κ3) is 6.34. The first-order valence-electron chi connectivity index (χ1n) is 7.58. The predicted octanol–water partition coefficient (Wildman–Crippen LogP) is 3.20. The second kappa shape index (κ2) is 10.9. The van der Waals surface area contributed by atoms with Crippen LogP contribution >= 0.6 is 47.3 Å². The normalized spacial score (nSPS) is 12.4. The minimum absolute atomic E-state index is 0. The summed E-state index contributed by atoms with van der Waals surface area (Å²) in [4.78, 5) is 10.6. The molecule has 0 bridgehead atoms. The van der Waals surface area contributed by atoms with Crippen LogP contribution in [0.4, 0.5) is 0 Å². The molecule has 0 saturated carbocycles. The zero-order chi connectivity index (χ0) is 17.5. The zero-order valence-corrected chi connectivity index (χ0v) is 18.7. The van der Waals surface area contributed by atoms with E-state index in [0.717, 1.165) is 23.4 Å². The largest absolute Gasteiger partial charge is 0.355 e. The van der Waals surface area contributed by atoms with Gasteiger partial charge in [-0.05, 0) is 24.0 Å². The number of nitrogens with zero attached hydrogens (tertiary/aromatic N) is 5. The zero-order valence-electron chi connectivity index (χ0n) is 14.8. The average molecular weight is 495 g/mol. The molecular formula is C16H24ClIN6S. The van der Waals surface area contributed by atoms with E-state index in [0.29, 0.717) is 11.8 Å². The molecule has 0 fully saturated rings. The summed E-state index contributed by atoms with van der Waals surface area (Å²) in [6.07, 6.45) is 3.65. The van der Waals surface area contributed by atoms with Crippen LogP contribution in [0.1, 0.15) is 16.6 Å². The molecule has 138 valence electrons. The number of benzene rings is 1. The van der Waals surface area contributed by atoms with Crippen LogP contribution in [0, 0.1) is 0 Å². The Morgan fingerprint density at radius 1 is 1.48 bits per heavy atom. The Bertz CT molecular complexity index is 693. The van der Waals surface area contributed by atoms with Gasteiger partial charge in [0, 0.05) is 38.0 Å². The standard InChI is InChI=1S/C16H23ClN6S.HI/c1-18-16(22(2)10-15-20-11-21-23(15)3)19-9-14(24-4)12-6-5-7-13(17)8-12;/h5-8,11,14H,9-10H2,1-4H3,(H,18,19);1H. The molecule has 1 unspecified atom stereocenters. The first kappa shape index (κ1) is 22.0. The Balaban J connectivity index is 0.00000312. The van der Waals surface area contributed by atoms with Crippen molar-refractivity contribution in [1.82, 2.24) is 25.0 Å². The second-order valence-electron chi connectivity index (χ2n) is 5.36. The number of guanidine groups is 1. The van der Waals surface area contributed by atoms with Crippen molar-refractivity contribution in [3.8, 4) is 0 Å². The van der Waals surface area contributed by atoms with Crippen LogP contribution in [0.25, 0.3) is 0 Å². The fourth-order valence-corrected chi connectivity index (χ4v) is 3.23. The van der Waals surface area contributed by atoms with E-state index in [2.05, 4.69) is 32.7 Å². The van der Waals surface area contributed by atoms with Crippen molar-refractivity contribution in [2.45, 2.75) is 11.8 Å². The lowest BCUT2D eigenvalue weighted by Crippen LogP contribution is -2.40. The molecule has 0 spiro atoms. The van der Waals surface area contributed by atoms with Gasteiger partial charge in [0.2, 0.25) is 0 Å². The summed E-state index contributed by atoms with van der Waals surface area (Å²) in [7, 11) is 5.65. The molecule has 2 aromatic rings. The highest BCUT2D eigenvalue weighted by Gasteiger charge is 2.14. The number of aliphatic imine (C=N–C) groups is 1. The molecule has 25 heavy (non-hydrogen) atoms. The fourth-order valence-electron chi connectivity index (χ4n) is 2.36. The fraction of sp³-hybridized carbons (Fsp3) is 0.438. The SMILES string of the molecule is CN=C(NCC(SC)c1cccc(Cl)c1)N(C)Cc1ncnn1C.I. The predicted molar refractivity (Wildman–Crippen MR) is 117 cm³/mol. The molecule has 0 aliphatic carbocycles. The minimum Gasteiger partial charge on any atom is -0.355 e. The molecule has 1 aromatic heterocycles. The lowest BCUT2D eigenvalue weighted by atomic mass is 10.1. The average Bonchev–Trinajstić information content (AvgIpc) is 2.96. The third-order valence-corrected chi connectivity index (χ3v) is 4.95. The van der Waals surface area contributed by atoms with Crippen molar-refractivity contribution >= 4 is 53.3 Å². The van der Waals surface area contributed by atoms with Gasteiger partial charge in [0.15, 0.2) is 5.96 Å². The van der Waals surface area contributed by atoms with Gasteiger partial charge in [-0.2, -0.15) is 16.9 Å².